The van der Waals surface area contributed by atoms with Crippen molar-refractivity contribution in [3.8, 4) is 39.1 Å². The first-order valence-corrected chi connectivity index (χ1v) is 20.7. The molecule has 0 saturated heterocycles. The van der Waals surface area contributed by atoms with Crippen molar-refractivity contribution >= 4 is 60.8 Å². The zero-order chi connectivity index (χ0) is 40.0. The normalized spacial score (nSPS) is 13.0. The summed E-state index contributed by atoms with van der Waals surface area (Å²) in [5, 5.41) is 4.77. The first-order valence-electron chi connectivity index (χ1n) is 20.7. The van der Waals surface area contributed by atoms with Crippen LogP contribution in [0.4, 0.5) is 17.1 Å². The molecule has 0 fully saturated rings. The van der Waals surface area contributed by atoms with Gasteiger partial charge in [-0.15, -0.1) is 0 Å². The smallest absolute Gasteiger partial charge is 0.135 e. The number of nitrogens with zero attached hydrogens (tertiary/aromatic N) is 2. The Morgan fingerprint density at radius 1 is 0.383 bits per heavy atom. The van der Waals surface area contributed by atoms with Crippen molar-refractivity contribution in [1.29, 1.82) is 0 Å². The average Bonchev–Trinajstić information content (AvgIpc) is 3.92. The topological polar surface area (TPSA) is 21.3 Å². The molecule has 60 heavy (non-hydrogen) atoms. The lowest BCUT2D eigenvalue weighted by Crippen LogP contribution is -2.16. The summed E-state index contributed by atoms with van der Waals surface area (Å²) in [6.07, 6.45) is 0. The number of fused-ring (bicyclic) bond motifs is 9. The number of para-hydroxylation sites is 3. The van der Waals surface area contributed by atoms with Crippen LogP contribution in [-0.4, -0.2) is 4.57 Å². The molecule has 0 saturated carbocycles. The van der Waals surface area contributed by atoms with Crippen molar-refractivity contribution in [2.45, 2.75) is 19.3 Å². The fraction of sp³-hybridized carbons (Fsp3) is 0.0526. The molecule has 1 aliphatic carbocycles. The Bertz CT molecular complexity index is 3390. The Balaban J connectivity index is 0.944. The van der Waals surface area contributed by atoms with Crippen molar-refractivity contribution in [3.05, 3.63) is 217 Å². The second-order valence-electron chi connectivity index (χ2n) is 16.6. The standard InChI is InChI=1S/C57H40N2O/c1-57(2)51-34-40(37-12-4-3-5-13-37)24-31-45(51)46-32-29-44(36-52(46)57)58(43-30-33-56-50(35-43)49-16-8-11-19-55(49)60-56)41-25-20-38(21-26-41)39-22-27-42(28-23-39)59-53-17-9-6-14-47(53)48-15-7-10-18-54(48)59/h3-36H,1-2H3. The summed E-state index contributed by atoms with van der Waals surface area (Å²) in [7, 11) is 0. The van der Waals surface area contributed by atoms with Gasteiger partial charge in [0.2, 0.25) is 0 Å². The quantitative estimate of drug-likeness (QED) is 0.168. The van der Waals surface area contributed by atoms with E-state index in [9.17, 15) is 0 Å². The maximum absolute atomic E-state index is 6.28. The van der Waals surface area contributed by atoms with Crippen molar-refractivity contribution in [2.24, 2.45) is 0 Å². The molecule has 0 N–H and O–H groups in total. The van der Waals surface area contributed by atoms with E-state index in [1.54, 1.807) is 0 Å². The fourth-order valence-corrected chi connectivity index (χ4v) is 9.78. The molecule has 3 nitrogen and oxygen atoms in total. The highest BCUT2D eigenvalue weighted by Crippen LogP contribution is 2.52. The summed E-state index contributed by atoms with van der Waals surface area (Å²) in [6.45, 7) is 4.73. The summed E-state index contributed by atoms with van der Waals surface area (Å²) < 4.78 is 8.65. The van der Waals surface area contributed by atoms with Gasteiger partial charge in [0.1, 0.15) is 11.2 Å². The van der Waals surface area contributed by atoms with Gasteiger partial charge in [-0.25, -0.2) is 0 Å². The van der Waals surface area contributed by atoms with Crippen LogP contribution in [0.3, 0.4) is 0 Å². The van der Waals surface area contributed by atoms with Gasteiger partial charge in [0, 0.05) is 49.7 Å². The van der Waals surface area contributed by atoms with Gasteiger partial charge in [0.15, 0.2) is 0 Å². The van der Waals surface area contributed by atoms with E-state index in [0.717, 1.165) is 44.7 Å². The van der Waals surface area contributed by atoms with Crippen LogP contribution >= 0.6 is 0 Å². The minimum absolute atomic E-state index is 0.183. The van der Waals surface area contributed by atoms with Crippen LogP contribution in [0, 0.1) is 0 Å². The van der Waals surface area contributed by atoms with Crippen LogP contribution in [0.25, 0.3) is 82.8 Å². The zero-order valence-corrected chi connectivity index (χ0v) is 33.4. The van der Waals surface area contributed by atoms with Crippen LogP contribution in [0.15, 0.2) is 211 Å². The first kappa shape index (κ1) is 34.4. The van der Waals surface area contributed by atoms with Gasteiger partial charge in [-0.05, 0) is 123 Å². The number of furan rings is 1. The highest BCUT2D eigenvalue weighted by Gasteiger charge is 2.36. The second-order valence-corrected chi connectivity index (χ2v) is 16.6. The van der Waals surface area contributed by atoms with Gasteiger partial charge >= 0.3 is 0 Å². The molecule has 0 amide bonds. The molecule has 0 bridgehead atoms. The predicted molar refractivity (Wildman–Crippen MR) is 251 cm³/mol. The molecular formula is C57H40N2O. The van der Waals surface area contributed by atoms with Crippen LogP contribution in [0.2, 0.25) is 0 Å². The highest BCUT2D eigenvalue weighted by atomic mass is 16.3. The molecule has 9 aromatic carbocycles. The van der Waals surface area contributed by atoms with Gasteiger partial charge in [-0.1, -0.05) is 141 Å². The third-order valence-corrected chi connectivity index (χ3v) is 12.8. The molecular weight excluding hydrogens is 729 g/mol. The van der Waals surface area contributed by atoms with E-state index in [4.69, 9.17) is 4.42 Å². The SMILES string of the molecule is CC1(C)c2cc(-c3ccccc3)ccc2-c2ccc(N(c3ccc(-c4ccc(-n5c6ccccc6c6ccccc65)cc4)cc3)c3ccc4oc5ccccc5c4c3)cc21. The molecule has 0 spiro atoms. The zero-order valence-electron chi connectivity index (χ0n) is 33.4. The van der Waals surface area contributed by atoms with Crippen molar-refractivity contribution in [2.75, 3.05) is 4.90 Å². The van der Waals surface area contributed by atoms with E-state index in [1.165, 1.54) is 66.3 Å². The maximum Gasteiger partial charge on any atom is 0.135 e. The largest absolute Gasteiger partial charge is 0.456 e. The highest BCUT2D eigenvalue weighted by molar-refractivity contribution is 6.09. The number of rotatable bonds is 6. The van der Waals surface area contributed by atoms with Crippen LogP contribution in [0.5, 0.6) is 0 Å². The monoisotopic (exact) mass is 768 g/mol. The molecule has 2 heterocycles. The van der Waals surface area contributed by atoms with Crippen molar-refractivity contribution < 1.29 is 4.42 Å². The molecule has 284 valence electrons. The van der Waals surface area contributed by atoms with E-state index in [0.29, 0.717) is 0 Å². The third kappa shape index (κ3) is 5.29. The maximum atomic E-state index is 6.28. The number of benzene rings is 9. The van der Waals surface area contributed by atoms with Crippen molar-refractivity contribution in [1.82, 2.24) is 4.57 Å². The number of hydrogen-bond donors (Lipinski definition) is 0. The summed E-state index contributed by atoms with van der Waals surface area (Å²) in [5.41, 5.74) is 18.6. The molecule has 2 aromatic heterocycles. The molecule has 1 aliphatic rings. The second kappa shape index (κ2) is 13.2. The van der Waals surface area contributed by atoms with E-state index in [1.807, 2.05) is 12.1 Å². The molecule has 3 heteroatoms. The van der Waals surface area contributed by atoms with E-state index >= 15 is 0 Å². The minimum atomic E-state index is -0.183. The summed E-state index contributed by atoms with van der Waals surface area (Å²) in [5.74, 6) is 0. The molecule has 0 unspecified atom stereocenters. The Kier molecular flexibility index (Phi) is 7.58. The van der Waals surface area contributed by atoms with Gasteiger partial charge in [0.05, 0.1) is 11.0 Å². The molecule has 0 radical (unpaired) electrons. The van der Waals surface area contributed by atoms with Gasteiger partial charge in [-0.2, -0.15) is 0 Å². The van der Waals surface area contributed by atoms with Gasteiger partial charge < -0.3 is 13.9 Å². The molecule has 11 aromatic rings. The lowest BCUT2D eigenvalue weighted by Gasteiger charge is -2.28. The summed E-state index contributed by atoms with van der Waals surface area (Å²) in [6, 6.07) is 74.9. The number of anilines is 3. The van der Waals surface area contributed by atoms with E-state index in [2.05, 4.69) is 217 Å². The molecule has 0 aliphatic heterocycles. The lowest BCUT2D eigenvalue weighted by molar-refractivity contribution is 0.660. The van der Waals surface area contributed by atoms with Crippen LogP contribution in [-0.2, 0) is 5.41 Å². The van der Waals surface area contributed by atoms with Gasteiger partial charge in [0.25, 0.3) is 0 Å². The minimum Gasteiger partial charge on any atom is -0.456 e. The van der Waals surface area contributed by atoms with Crippen LogP contribution < -0.4 is 4.90 Å². The molecule has 0 atom stereocenters. The van der Waals surface area contributed by atoms with Crippen LogP contribution in [0.1, 0.15) is 25.0 Å². The fourth-order valence-electron chi connectivity index (χ4n) is 9.78. The summed E-state index contributed by atoms with van der Waals surface area (Å²) >= 11 is 0. The van der Waals surface area contributed by atoms with E-state index in [-0.39, 0.29) is 5.41 Å². The predicted octanol–water partition coefficient (Wildman–Crippen LogP) is 15.8. The average molecular weight is 769 g/mol. The Labute approximate surface area is 349 Å². The van der Waals surface area contributed by atoms with E-state index < -0.39 is 0 Å². The summed E-state index contributed by atoms with van der Waals surface area (Å²) in [4.78, 5) is 2.39. The Morgan fingerprint density at radius 3 is 1.60 bits per heavy atom. The lowest BCUT2D eigenvalue weighted by atomic mass is 9.81. The molecule has 12 rings (SSSR count). The number of aromatic nitrogens is 1. The Morgan fingerprint density at radius 2 is 0.883 bits per heavy atom. The number of hydrogen-bond acceptors (Lipinski definition) is 2. The first-order chi connectivity index (χ1) is 29.5. The van der Waals surface area contributed by atoms with Gasteiger partial charge in [-0.3, -0.25) is 0 Å². The third-order valence-electron chi connectivity index (χ3n) is 12.8. The van der Waals surface area contributed by atoms with Crippen molar-refractivity contribution in [3.63, 3.8) is 0 Å². The Hall–Kier alpha value is -7.62.